The Morgan fingerprint density at radius 1 is 1.41 bits per heavy atom. The van der Waals surface area contributed by atoms with Gasteiger partial charge in [0.15, 0.2) is 0 Å². The number of allylic oxidation sites excluding steroid dienone is 1. The van der Waals surface area contributed by atoms with E-state index in [1.165, 1.54) is 0 Å². The summed E-state index contributed by atoms with van der Waals surface area (Å²) < 4.78 is 0. The summed E-state index contributed by atoms with van der Waals surface area (Å²) in [7, 11) is 0. The molecule has 0 aliphatic carbocycles. The van der Waals surface area contributed by atoms with Gasteiger partial charge in [0.05, 0.1) is 6.42 Å². The fourth-order valence-electron chi connectivity index (χ4n) is 1.66. The molecular weight excluding hydrogens is 218 g/mol. The minimum atomic E-state index is -0.886. The number of hydrogen-bond acceptors (Lipinski definition) is 2. The van der Waals surface area contributed by atoms with E-state index in [0.29, 0.717) is 19.3 Å². The van der Waals surface area contributed by atoms with Crippen molar-refractivity contribution in [3.8, 4) is 0 Å². The highest BCUT2D eigenvalue weighted by molar-refractivity contribution is 5.77. The molecule has 0 saturated carbocycles. The standard InChI is InChI=1S/C13H23NO3/c1-5-6-7-11(15)14-10(8-12(16)17)9-13(2,3)4/h5,10H,1,6-9H2,2-4H3,(H,14,15)(H,16,17). The van der Waals surface area contributed by atoms with Crippen LogP contribution in [0.1, 0.15) is 46.5 Å². The maximum absolute atomic E-state index is 11.5. The third-order valence-electron chi connectivity index (χ3n) is 2.22. The summed E-state index contributed by atoms with van der Waals surface area (Å²) >= 11 is 0. The van der Waals surface area contributed by atoms with Crippen molar-refractivity contribution >= 4 is 11.9 Å². The van der Waals surface area contributed by atoms with Gasteiger partial charge in [-0.3, -0.25) is 9.59 Å². The number of nitrogens with one attached hydrogen (secondary N) is 1. The molecule has 0 aliphatic rings. The van der Waals surface area contributed by atoms with Crippen molar-refractivity contribution in [3.63, 3.8) is 0 Å². The lowest BCUT2D eigenvalue weighted by Crippen LogP contribution is -2.38. The second-order valence-corrected chi connectivity index (χ2v) is 5.45. The van der Waals surface area contributed by atoms with Crippen molar-refractivity contribution in [1.82, 2.24) is 5.32 Å². The average Bonchev–Trinajstić information content (AvgIpc) is 2.10. The lowest BCUT2D eigenvalue weighted by molar-refractivity contribution is -0.137. The van der Waals surface area contributed by atoms with Gasteiger partial charge in [0.25, 0.3) is 0 Å². The van der Waals surface area contributed by atoms with E-state index in [1.54, 1.807) is 6.08 Å². The minimum Gasteiger partial charge on any atom is -0.481 e. The molecule has 0 spiro atoms. The Hall–Kier alpha value is -1.32. The van der Waals surface area contributed by atoms with Crippen LogP contribution < -0.4 is 5.32 Å². The van der Waals surface area contributed by atoms with Crippen molar-refractivity contribution in [2.75, 3.05) is 0 Å². The monoisotopic (exact) mass is 241 g/mol. The van der Waals surface area contributed by atoms with E-state index in [9.17, 15) is 9.59 Å². The third-order valence-corrected chi connectivity index (χ3v) is 2.22. The maximum Gasteiger partial charge on any atom is 0.305 e. The zero-order valence-corrected chi connectivity index (χ0v) is 11.0. The average molecular weight is 241 g/mol. The first-order chi connectivity index (χ1) is 7.74. The third kappa shape index (κ3) is 9.60. The molecule has 0 aromatic rings. The van der Waals surface area contributed by atoms with Crippen LogP contribution in [0.5, 0.6) is 0 Å². The van der Waals surface area contributed by atoms with Crippen molar-refractivity contribution in [2.45, 2.75) is 52.5 Å². The maximum atomic E-state index is 11.5. The second-order valence-electron chi connectivity index (χ2n) is 5.45. The Morgan fingerprint density at radius 2 is 2.00 bits per heavy atom. The van der Waals surface area contributed by atoms with Gasteiger partial charge in [-0.1, -0.05) is 26.8 Å². The molecule has 98 valence electrons. The summed E-state index contributed by atoms with van der Waals surface area (Å²) in [5, 5.41) is 11.6. The van der Waals surface area contributed by atoms with Crippen LogP contribution in [0.2, 0.25) is 0 Å². The fraction of sp³-hybridized carbons (Fsp3) is 0.692. The van der Waals surface area contributed by atoms with Gasteiger partial charge < -0.3 is 10.4 Å². The Labute approximate surface area is 103 Å². The molecule has 0 aliphatic heterocycles. The van der Waals surface area contributed by atoms with Gasteiger partial charge in [0, 0.05) is 12.5 Å². The largest absolute Gasteiger partial charge is 0.481 e. The molecule has 0 saturated heterocycles. The lowest BCUT2D eigenvalue weighted by Gasteiger charge is -2.25. The van der Waals surface area contributed by atoms with Crippen molar-refractivity contribution in [1.29, 1.82) is 0 Å². The predicted octanol–water partition coefficient (Wildman–Crippen LogP) is 2.35. The predicted molar refractivity (Wildman–Crippen MR) is 67.7 cm³/mol. The number of carbonyl (C=O) groups is 2. The van der Waals surface area contributed by atoms with Gasteiger partial charge >= 0.3 is 5.97 Å². The van der Waals surface area contributed by atoms with Crippen molar-refractivity contribution in [2.24, 2.45) is 5.41 Å². The van der Waals surface area contributed by atoms with Crippen LogP contribution in [-0.2, 0) is 9.59 Å². The molecular formula is C13H23NO3. The smallest absolute Gasteiger partial charge is 0.305 e. The summed E-state index contributed by atoms with van der Waals surface area (Å²) in [5.74, 6) is -0.997. The minimum absolute atomic E-state index is 0.00810. The van der Waals surface area contributed by atoms with Gasteiger partial charge in [0.1, 0.15) is 0 Å². The summed E-state index contributed by atoms with van der Waals surface area (Å²) in [6.45, 7) is 9.62. The number of carboxylic acids is 1. The highest BCUT2D eigenvalue weighted by Crippen LogP contribution is 2.22. The molecule has 0 aromatic carbocycles. The SMILES string of the molecule is C=CCCC(=O)NC(CC(=O)O)CC(C)(C)C. The Kier molecular flexibility index (Phi) is 6.54. The molecule has 17 heavy (non-hydrogen) atoms. The van der Waals surface area contributed by atoms with Crippen LogP contribution >= 0.6 is 0 Å². The van der Waals surface area contributed by atoms with Crippen molar-refractivity contribution in [3.05, 3.63) is 12.7 Å². The molecule has 0 fully saturated rings. The zero-order valence-electron chi connectivity index (χ0n) is 11.0. The highest BCUT2D eigenvalue weighted by Gasteiger charge is 2.22. The quantitative estimate of drug-likeness (QED) is 0.672. The van der Waals surface area contributed by atoms with Gasteiger partial charge in [-0.2, -0.15) is 0 Å². The summed E-state index contributed by atoms with van der Waals surface area (Å²) in [6, 6.07) is -0.301. The molecule has 2 N–H and O–H groups in total. The Morgan fingerprint density at radius 3 is 2.41 bits per heavy atom. The summed E-state index contributed by atoms with van der Waals surface area (Å²) in [6.07, 6.45) is 3.27. The number of hydrogen-bond donors (Lipinski definition) is 2. The van der Waals surface area contributed by atoms with Gasteiger partial charge in [-0.05, 0) is 18.3 Å². The molecule has 1 atom stereocenters. The van der Waals surface area contributed by atoms with Crippen LogP contribution in [0.3, 0.4) is 0 Å². The van der Waals surface area contributed by atoms with E-state index in [0.717, 1.165) is 0 Å². The van der Waals surface area contributed by atoms with Crippen LogP contribution in [0.25, 0.3) is 0 Å². The van der Waals surface area contributed by atoms with E-state index in [4.69, 9.17) is 5.11 Å². The lowest BCUT2D eigenvalue weighted by atomic mass is 9.87. The summed E-state index contributed by atoms with van der Waals surface area (Å²) in [4.78, 5) is 22.3. The van der Waals surface area contributed by atoms with Crippen LogP contribution in [-0.4, -0.2) is 23.0 Å². The Balaban J connectivity index is 4.32. The zero-order chi connectivity index (χ0) is 13.5. The van der Waals surface area contributed by atoms with E-state index in [-0.39, 0.29) is 23.8 Å². The van der Waals surface area contributed by atoms with Crippen LogP contribution in [0, 0.1) is 5.41 Å². The number of aliphatic carboxylic acids is 1. The number of carboxylic acid groups (broad SMARTS) is 1. The fourth-order valence-corrected chi connectivity index (χ4v) is 1.66. The first-order valence-electron chi connectivity index (χ1n) is 5.86. The molecule has 0 heterocycles. The molecule has 1 unspecified atom stereocenters. The first kappa shape index (κ1) is 15.7. The van der Waals surface area contributed by atoms with Crippen LogP contribution in [0.4, 0.5) is 0 Å². The number of carbonyl (C=O) groups excluding carboxylic acids is 1. The summed E-state index contributed by atoms with van der Waals surface area (Å²) in [5.41, 5.74) is -0.00810. The molecule has 0 radical (unpaired) electrons. The van der Waals surface area contributed by atoms with E-state index >= 15 is 0 Å². The molecule has 1 amide bonds. The van der Waals surface area contributed by atoms with Crippen LogP contribution in [0.15, 0.2) is 12.7 Å². The molecule has 0 rings (SSSR count). The first-order valence-corrected chi connectivity index (χ1v) is 5.86. The van der Waals surface area contributed by atoms with Gasteiger partial charge in [-0.15, -0.1) is 6.58 Å². The van der Waals surface area contributed by atoms with E-state index < -0.39 is 5.97 Å². The second kappa shape index (κ2) is 7.09. The van der Waals surface area contributed by atoms with E-state index in [2.05, 4.69) is 11.9 Å². The molecule has 4 heteroatoms. The molecule has 4 nitrogen and oxygen atoms in total. The van der Waals surface area contributed by atoms with Gasteiger partial charge in [0.2, 0.25) is 5.91 Å². The van der Waals surface area contributed by atoms with Gasteiger partial charge in [-0.25, -0.2) is 0 Å². The van der Waals surface area contributed by atoms with E-state index in [1.807, 2.05) is 20.8 Å². The molecule has 0 aromatic heterocycles. The molecule has 0 bridgehead atoms. The normalized spacial score (nSPS) is 12.9. The topological polar surface area (TPSA) is 66.4 Å². The Bertz CT molecular complexity index is 279. The number of amides is 1. The highest BCUT2D eigenvalue weighted by atomic mass is 16.4. The number of rotatable bonds is 7. The van der Waals surface area contributed by atoms with Crippen molar-refractivity contribution < 1.29 is 14.7 Å².